The summed E-state index contributed by atoms with van der Waals surface area (Å²) in [5.41, 5.74) is -0.913. The minimum atomic E-state index is -4.14. The average molecular weight is 456 g/mol. The van der Waals surface area contributed by atoms with E-state index in [-0.39, 0.29) is 23.5 Å². The van der Waals surface area contributed by atoms with E-state index in [9.17, 15) is 18.0 Å². The molecule has 0 aliphatic rings. The normalized spacial score (nSPS) is 11.6. The molecular formula is C21H21ClF3N3OS. The maximum atomic E-state index is 12.3. The van der Waals surface area contributed by atoms with Gasteiger partial charge in [0, 0.05) is 33.6 Å². The van der Waals surface area contributed by atoms with Crippen LogP contribution < -0.4 is 10.6 Å². The number of anilines is 2. The number of urea groups is 1. The first-order valence-electron chi connectivity index (χ1n) is 9.44. The number of benzene rings is 2. The molecule has 3 N–H and O–H groups in total. The Morgan fingerprint density at radius 2 is 1.80 bits per heavy atom. The molecule has 0 atom stereocenters. The van der Waals surface area contributed by atoms with Crippen LogP contribution in [0.15, 0.2) is 48.7 Å². The first-order chi connectivity index (χ1) is 14.3. The van der Waals surface area contributed by atoms with Gasteiger partial charge in [0.25, 0.3) is 0 Å². The summed E-state index contributed by atoms with van der Waals surface area (Å²) >= 11 is 6.05. The summed E-state index contributed by atoms with van der Waals surface area (Å²) < 4.78 is 36.2. The van der Waals surface area contributed by atoms with Crippen molar-refractivity contribution >= 4 is 51.7 Å². The van der Waals surface area contributed by atoms with E-state index in [0.717, 1.165) is 35.7 Å². The number of unbranched alkanes of at least 4 members (excludes halogenated alkanes) is 2. The van der Waals surface area contributed by atoms with Gasteiger partial charge in [0.2, 0.25) is 0 Å². The lowest BCUT2D eigenvalue weighted by Gasteiger charge is -2.08. The summed E-state index contributed by atoms with van der Waals surface area (Å²) in [7, 11) is 0. The molecule has 0 bridgehead atoms. The van der Waals surface area contributed by atoms with Gasteiger partial charge in [-0.15, -0.1) is 0 Å². The Kier molecular flexibility index (Phi) is 7.55. The van der Waals surface area contributed by atoms with E-state index in [2.05, 4.69) is 15.6 Å². The molecule has 0 aliphatic carbocycles. The molecule has 9 heteroatoms. The first kappa shape index (κ1) is 22.4. The van der Waals surface area contributed by atoms with Crippen LogP contribution in [0.4, 0.5) is 29.3 Å². The SMILES string of the molecule is O=C(Nc1ccc(CCCCCSC(F)(F)F)cc1)Nc1c[nH]c2ccc(Cl)cc12. The van der Waals surface area contributed by atoms with Crippen LogP contribution in [0, 0.1) is 0 Å². The lowest BCUT2D eigenvalue weighted by atomic mass is 10.1. The van der Waals surface area contributed by atoms with Crippen molar-refractivity contribution in [3.63, 3.8) is 0 Å². The molecule has 0 unspecified atom stereocenters. The number of thioether (sulfide) groups is 1. The fourth-order valence-corrected chi connectivity index (χ4v) is 3.78. The van der Waals surface area contributed by atoms with Gasteiger partial charge in [0.15, 0.2) is 0 Å². The third-order valence-corrected chi connectivity index (χ3v) is 5.53. The number of fused-ring (bicyclic) bond motifs is 1. The van der Waals surface area contributed by atoms with Gasteiger partial charge in [-0.25, -0.2) is 4.79 Å². The zero-order valence-corrected chi connectivity index (χ0v) is 17.6. The Bertz CT molecular complexity index is 989. The number of rotatable bonds is 8. The topological polar surface area (TPSA) is 56.9 Å². The van der Waals surface area contributed by atoms with E-state index < -0.39 is 5.51 Å². The highest BCUT2D eigenvalue weighted by Crippen LogP contribution is 2.31. The molecule has 0 aliphatic heterocycles. The van der Waals surface area contributed by atoms with Crippen LogP contribution >= 0.6 is 23.4 Å². The minimum absolute atomic E-state index is 0.0350. The number of aryl methyl sites for hydroxylation is 1. The Balaban J connectivity index is 1.43. The third kappa shape index (κ3) is 6.88. The van der Waals surface area contributed by atoms with Gasteiger partial charge < -0.3 is 15.6 Å². The molecule has 0 spiro atoms. The Morgan fingerprint density at radius 1 is 1.03 bits per heavy atom. The molecule has 0 radical (unpaired) electrons. The number of carbonyl (C=O) groups is 1. The summed E-state index contributed by atoms with van der Waals surface area (Å²) in [5, 5.41) is 6.98. The molecule has 2 aromatic carbocycles. The standard InChI is InChI=1S/C21H21ClF3N3OS/c22-15-7-10-18-17(12-15)19(13-26-18)28-20(29)27-16-8-5-14(6-9-16)4-2-1-3-11-30-21(23,24)25/h5-10,12-13,26H,1-4,11H2,(H2,27,28,29). The summed E-state index contributed by atoms with van der Waals surface area (Å²) in [6.07, 6.45) is 4.62. The molecule has 1 heterocycles. The number of nitrogens with one attached hydrogen (secondary N) is 3. The van der Waals surface area contributed by atoms with Crippen molar-refractivity contribution in [3.8, 4) is 0 Å². The number of aromatic nitrogens is 1. The van der Waals surface area contributed by atoms with E-state index in [0.29, 0.717) is 22.8 Å². The summed E-state index contributed by atoms with van der Waals surface area (Å²) in [6, 6.07) is 12.4. The van der Waals surface area contributed by atoms with Crippen molar-refractivity contribution in [3.05, 3.63) is 59.2 Å². The van der Waals surface area contributed by atoms with Gasteiger partial charge in [0.1, 0.15) is 0 Å². The minimum Gasteiger partial charge on any atom is -0.359 e. The average Bonchev–Trinajstić information content (AvgIpc) is 3.07. The molecule has 160 valence electrons. The summed E-state index contributed by atoms with van der Waals surface area (Å²) in [6.45, 7) is 0. The predicted molar refractivity (Wildman–Crippen MR) is 118 cm³/mol. The fraction of sp³-hybridized carbons (Fsp3) is 0.286. The van der Waals surface area contributed by atoms with Gasteiger partial charge in [-0.2, -0.15) is 13.2 Å². The Morgan fingerprint density at radius 3 is 2.53 bits per heavy atom. The molecule has 2 amide bonds. The Labute approximate surface area is 181 Å². The van der Waals surface area contributed by atoms with E-state index >= 15 is 0 Å². The van der Waals surface area contributed by atoms with Crippen LogP contribution in [-0.4, -0.2) is 22.3 Å². The zero-order valence-electron chi connectivity index (χ0n) is 16.0. The van der Waals surface area contributed by atoms with E-state index in [1.807, 2.05) is 18.2 Å². The maximum absolute atomic E-state index is 12.3. The monoisotopic (exact) mass is 455 g/mol. The van der Waals surface area contributed by atoms with Crippen molar-refractivity contribution in [2.24, 2.45) is 0 Å². The molecule has 3 rings (SSSR count). The number of aromatic amines is 1. The quantitative estimate of drug-likeness (QED) is 0.309. The largest absolute Gasteiger partial charge is 0.441 e. The third-order valence-electron chi connectivity index (χ3n) is 4.48. The zero-order chi connectivity index (χ0) is 21.6. The lowest BCUT2D eigenvalue weighted by Crippen LogP contribution is -2.19. The molecular weight excluding hydrogens is 435 g/mol. The number of hydrogen-bond donors (Lipinski definition) is 3. The van der Waals surface area contributed by atoms with Crippen LogP contribution in [-0.2, 0) is 6.42 Å². The number of hydrogen-bond acceptors (Lipinski definition) is 2. The molecule has 0 saturated heterocycles. The van der Waals surface area contributed by atoms with Gasteiger partial charge >= 0.3 is 11.5 Å². The second-order valence-electron chi connectivity index (χ2n) is 6.77. The number of H-pyrrole nitrogens is 1. The van der Waals surface area contributed by atoms with Crippen molar-refractivity contribution in [2.75, 3.05) is 16.4 Å². The number of alkyl halides is 3. The lowest BCUT2D eigenvalue weighted by molar-refractivity contribution is -0.0328. The maximum Gasteiger partial charge on any atom is 0.441 e. The number of carbonyl (C=O) groups excluding carboxylic acids is 1. The van der Waals surface area contributed by atoms with Crippen molar-refractivity contribution < 1.29 is 18.0 Å². The van der Waals surface area contributed by atoms with Crippen LogP contribution in [0.1, 0.15) is 24.8 Å². The van der Waals surface area contributed by atoms with Crippen molar-refractivity contribution in [2.45, 2.75) is 31.2 Å². The van der Waals surface area contributed by atoms with Crippen LogP contribution in [0.2, 0.25) is 5.02 Å². The van der Waals surface area contributed by atoms with Gasteiger partial charge in [-0.3, -0.25) is 0 Å². The molecule has 0 fully saturated rings. The highest BCUT2D eigenvalue weighted by molar-refractivity contribution is 8.00. The molecule has 4 nitrogen and oxygen atoms in total. The summed E-state index contributed by atoms with van der Waals surface area (Å²) in [4.78, 5) is 15.4. The molecule has 1 aromatic heterocycles. The molecule has 30 heavy (non-hydrogen) atoms. The van der Waals surface area contributed by atoms with Gasteiger partial charge in [-0.1, -0.05) is 41.9 Å². The van der Waals surface area contributed by atoms with E-state index in [4.69, 9.17) is 11.6 Å². The second kappa shape index (κ2) is 10.1. The highest BCUT2D eigenvalue weighted by Gasteiger charge is 2.27. The first-order valence-corrected chi connectivity index (χ1v) is 10.8. The summed E-state index contributed by atoms with van der Waals surface area (Å²) in [5.74, 6) is 0.101. The van der Waals surface area contributed by atoms with Gasteiger partial charge in [0.05, 0.1) is 5.69 Å². The molecule has 3 aromatic rings. The number of amides is 2. The fourth-order valence-electron chi connectivity index (χ4n) is 3.03. The number of halogens is 4. The second-order valence-corrected chi connectivity index (χ2v) is 8.37. The van der Waals surface area contributed by atoms with Crippen molar-refractivity contribution in [1.29, 1.82) is 0 Å². The predicted octanol–water partition coefficient (Wildman–Crippen LogP) is 7.43. The van der Waals surface area contributed by atoms with Crippen LogP contribution in [0.5, 0.6) is 0 Å². The van der Waals surface area contributed by atoms with Crippen LogP contribution in [0.3, 0.4) is 0 Å². The van der Waals surface area contributed by atoms with E-state index in [1.165, 1.54) is 0 Å². The molecule has 0 saturated carbocycles. The van der Waals surface area contributed by atoms with E-state index in [1.54, 1.807) is 30.5 Å². The Hall–Kier alpha value is -2.32. The van der Waals surface area contributed by atoms with Gasteiger partial charge in [-0.05, 0) is 55.2 Å². The van der Waals surface area contributed by atoms with Crippen molar-refractivity contribution in [1.82, 2.24) is 4.98 Å². The van der Waals surface area contributed by atoms with Crippen LogP contribution in [0.25, 0.3) is 10.9 Å². The smallest absolute Gasteiger partial charge is 0.359 e. The highest BCUT2D eigenvalue weighted by atomic mass is 35.5.